The zero-order valence-corrected chi connectivity index (χ0v) is 8.49. The van der Waals surface area contributed by atoms with Gasteiger partial charge in [-0.25, -0.2) is 9.97 Å². The molecule has 1 aromatic heterocycles. The molecule has 4 nitrogen and oxygen atoms in total. The third-order valence-corrected chi connectivity index (χ3v) is 1.71. The number of hydrogen-bond acceptors (Lipinski definition) is 4. The largest absolute Gasteiger partial charge is 0.342 e. The second kappa shape index (κ2) is 4.39. The standard InChI is InChI=1S/C8H13ClN4/c1-6(10)5-13(2)8-11-3-7(9)4-12-8/h3-4,6H,5,10H2,1-2H3. The fraction of sp³-hybridized carbons (Fsp3) is 0.500. The average molecular weight is 201 g/mol. The highest BCUT2D eigenvalue weighted by molar-refractivity contribution is 6.30. The zero-order valence-electron chi connectivity index (χ0n) is 7.74. The van der Waals surface area contributed by atoms with Crippen LogP contribution in [0.25, 0.3) is 0 Å². The van der Waals surface area contributed by atoms with Crippen LogP contribution in [0, 0.1) is 0 Å². The van der Waals surface area contributed by atoms with Gasteiger partial charge in [0.25, 0.3) is 0 Å². The topological polar surface area (TPSA) is 55.0 Å². The van der Waals surface area contributed by atoms with Crippen LogP contribution in [0.3, 0.4) is 0 Å². The summed E-state index contributed by atoms with van der Waals surface area (Å²) in [6.45, 7) is 2.66. The molecule has 0 aromatic carbocycles. The summed E-state index contributed by atoms with van der Waals surface area (Å²) in [5.74, 6) is 0.640. The summed E-state index contributed by atoms with van der Waals surface area (Å²) in [5.41, 5.74) is 5.64. The van der Waals surface area contributed by atoms with Gasteiger partial charge in [-0.15, -0.1) is 0 Å². The maximum absolute atomic E-state index is 5.65. The molecule has 1 unspecified atom stereocenters. The van der Waals surface area contributed by atoms with Crippen LogP contribution in [0.15, 0.2) is 12.4 Å². The van der Waals surface area contributed by atoms with Crippen LogP contribution in [0.1, 0.15) is 6.92 Å². The van der Waals surface area contributed by atoms with Gasteiger partial charge in [0.2, 0.25) is 5.95 Å². The number of anilines is 1. The lowest BCUT2D eigenvalue weighted by molar-refractivity contribution is 0.704. The fourth-order valence-corrected chi connectivity index (χ4v) is 1.11. The van der Waals surface area contributed by atoms with Gasteiger partial charge in [0.1, 0.15) is 0 Å². The molecule has 1 rings (SSSR count). The van der Waals surface area contributed by atoms with E-state index in [0.717, 1.165) is 6.54 Å². The molecule has 0 aliphatic heterocycles. The third kappa shape index (κ3) is 3.16. The van der Waals surface area contributed by atoms with Crippen molar-refractivity contribution in [2.45, 2.75) is 13.0 Å². The number of aromatic nitrogens is 2. The van der Waals surface area contributed by atoms with Crippen LogP contribution < -0.4 is 10.6 Å². The van der Waals surface area contributed by atoms with E-state index in [0.29, 0.717) is 11.0 Å². The van der Waals surface area contributed by atoms with Gasteiger partial charge in [-0.1, -0.05) is 11.6 Å². The first kappa shape index (κ1) is 10.2. The van der Waals surface area contributed by atoms with Gasteiger partial charge in [-0.05, 0) is 6.92 Å². The van der Waals surface area contributed by atoms with E-state index in [1.165, 1.54) is 0 Å². The number of rotatable bonds is 3. The minimum Gasteiger partial charge on any atom is -0.342 e. The lowest BCUT2D eigenvalue weighted by Gasteiger charge is -2.18. The molecule has 1 atom stereocenters. The van der Waals surface area contributed by atoms with Gasteiger partial charge < -0.3 is 10.6 Å². The summed E-state index contributed by atoms with van der Waals surface area (Å²) >= 11 is 5.65. The molecule has 2 N–H and O–H groups in total. The SMILES string of the molecule is CC(N)CN(C)c1ncc(Cl)cn1. The fourth-order valence-electron chi connectivity index (χ4n) is 1.02. The van der Waals surface area contributed by atoms with Crippen molar-refractivity contribution in [2.75, 3.05) is 18.5 Å². The smallest absolute Gasteiger partial charge is 0.225 e. The van der Waals surface area contributed by atoms with Gasteiger partial charge in [-0.2, -0.15) is 0 Å². The Balaban J connectivity index is 2.66. The molecule has 72 valence electrons. The van der Waals surface area contributed by atoms with Crippen molar-refractivity contribution in [3.63, 3.8) is 0 Å². The minimum absolute atomic E-state index is 0.101. The first-order valence-electron chi connectivity index (χ1n) is 4.04. The van der Waals surface area contributed by atoms with Crippen LogP contribution in [-0.2, 0) is 0 Å². The second-order valence-corrected chi connectivity index (χ2v) is 3.50. The van der Waals surface area contributed by atoms with Crippen molar-refractivity contribution < 1.29 is 0 Å². The number of nitrogens with zero attached hydrogens (tertiary/aromatic N) is 3. The Bertz CT molecular complexity index is 259. The summed E-state index contributed by atoms with van der Waals surface area (Å²) in [6, 6.07) is 0.101. The lowest BCUT2D eigenvalue weighted by atomic mass is 10.3. The predicted molar refractivity (Wildman–Crippen MR) is 54.0 cm³/mol. The van der Waals surface area contributed by atoms with Gasteiger partial charge in [0.15, 0.2) is 0 Å². The quantitative estimate of drug-likeness (QED) is 0.788. The molecule has 0 aliphatic carbocycles. The number of hydrogen-bond donors (Lipinski definition) is 1. The minimum atomic E-state index is 0.101. The van der Waals surface area contributed by atoms with Gasteiger partial charge in [-0.3, -0.25) is 0 Å². The summed E-state index contributed by atoms with van der Waals surface area (Å²) < 4.78 is 0. The molecular formula is C8H13ClN4. The average Bonchev–Trinajstić information content (AvgIpc) is 2.04. The highest BCUT2D eigenvalue weighted by Crippen LogP contribution is 2.08. The third-order valence-electron chi connectivity index (χ3n) is 1.51. The molecule has 0 radical (unpaired) electrons. The van der Waals surface area contributed by atoms with Crippen molar-refractivity contribution in [3.05, 3.63) is 17.4 Å². The van der Waals surface area contributed by atoms with E-state index in [1.807, 2.05) is 18.9 Å². The van der Waals surface area contributed by atoms with E-state index in [-0.39, 0.29) is 6.04 Å². The summed E-state index contributed by atoms with van der Waals surface area (Å²) in [6.07, 6.45) is 3.14. The Morgan fingerprint density at radius 1 is 1.54 bits per heavy atom. The molecule has 5 heteroatoms. The van der Waals surface area contributed by atoms with E-state index in [4.69, 9.17) is 17.3 Å². The number of likely N-dealkylation sites (N-methyl/N-ethyl adjacent to an activating group) is 1. The van der Waals surface area contributed by atoms with Crippen LogP contribution >= 0.6 is 11.6 Å². The Hall–Kier alpha value is -0.870. The van der Waals surface area contributed by atoms with Gasteiger partial charge >= 0.3 is 0 Å². The van der Waals surface area contributed by atoms with E-state index in [1.54, 1.807) is 12.4 Å². The van der Waals surface area contributed by atoms with Crippen LogP contribution in [0.4, 0.5) is 5.95 Å². The molecule has 13 heavy (non-hydrogen) atoms. The van der Waals surface area contributed by atoms with E-state index in [2.05, 4.69) is 9.97 Å². The maximum Gasteiger partial charge on any atom is 0.225 e. The Morgan fingerprint density at radius 3 is 2.54 bits per heavy atom. The maximum atomic E-state index is 5.65. The number of nitrogens with two attached hydrogens (primary N) is 1. The van der Waals surface area contributed by atoms with Crippen molar-refractivity contribution in [1.82, 2.24) is 9.97 Å². The zero-order chi connectivity index (χ0) is 9.84. The van der Waals surface area contributed by atoms with E-state index >= 15 is 0 Å². The highest BCUT2D eigenvalue weighted by Gasteiger charge is 2.05. The van der Waals surface area contributed by atoms with Crippen LogP contribution in [0.2, 0.25) is 5.02 Å². The molecular weight excluding hydrogens is 188 g/mol. The van der Waals surface area contributed by atoms with Crippen molar-refractivity contribution in [3.8, 4) is 0 Å². The molecule has 0 saturated carbocycles. The Kier molecular flexibility index (Phi) is 3.45. The predicted octanol–water partition coefficient (Wildman–Crippen LogP) is 0.913. The summed E-state index contributed by atoms with van der Waals surface area (Å²) in [7, 11) is 1.90. The van der Waals surface area contributed by atoms with Gasteiger partial charge in [0, 0.05) is 19.6 Å². The summed E-state index contributed by atoms with van der Waals surface area (Å²) in [5, 5.41) is 0.540. The molecule has 0 bridgehead atoms. The Labute approximate surface area is 82.7 Å². The lowest BCUT2D eigenvalue weighted by Crippen LogP contribution is -2.33. The van der Waals surface area contributed by atoms with E-state index in [9.17, 15) is 0 Å². The van der Waals surface area contributed by atoms with Crippen molar-refractivity contribution in [2.24, 2.45) is 5.73 Å². The first-order valence-corrected chi connectivity index (χ1v) is 4.41. The summed E-state index contributed by atoms with van der Waals surface area (Å²) in [4.78, 5) is 10.0. The van der Waals surface area contributed by atoms with E-state index < -0.39 is 0 Å². The normalized spacial score (nSPS) is 12.6. The molecule has 0 fully saturated rings. The highest BCUT2D eigenvalue weighted by atomic mass is 35.5. The molecule has 0 saturated heterocycles. The molecule has 1 heterocycles. The molecule has 0 amide bonds. The first-order chi connectivity index (χ1) is 6.09. The molecule has 1 aromatic rings. The van der Waals surface area contributed by atoms with Crippen molar-refractivity contribution in [1.29, 1.82) is 0 Å². The van der Waals surface area contributed by atoms with Crippen LogP contribution in [-0.4, -0.2) is 29.6 Å². The second-order valence-electron chi connectivity index (χ2n) is 3.06. The molecule has 0 aliphatic rings. The van der Waals surface area contributed by atoms with Crippen molar-refractivity contribution >= 4 is 17.5 Å². The van der Waals surface area contributed by atoms with Crippen LogP contribution in [0.5, 0.6) is 0 Å². The monoisotopic (exact) mass is 200 g/mol. The number of halogens is 1. The van der Waals surface area contributed by atoms with Gasteiger partial charge in [0.05, 0.1) is 17.4 Å². The Morgan fingerprint density at radius 2 is 2.08 bits per heavy atom. The molecule has 0 spiro atoms.